The van der Waals surface area contributed by atoms with Crippen LogP contribution < -0.4 is 0 Å². The van der Waals surface area contributed by atoms with Crippen LogP contribution in [-0.4, -0.2) is 51.9 Å². The van der Waals surface area contributed by atoms with E-state index in [-0.39, 0.29) is 17.2 Å². The lowest BCUT2D eigenvalue weighted by atomic mass is 10.1. The number of carbonyl (C=O) groups excluding carboxylic acids is 1. The van der Waals surface area contributed by atoms with Crippen LogP contribution in [0.15, 0.2) is 36.5 Å². The van der Waals surface area contributed by atoms with E-state index in [2.05, 4.69) is 14.9 Å². The first kappa shape index (κ1) is 18.3. The van der Waals surface area contributed by atoms with E-state index in [1.807, 2.05) is 18.2 Å². The molecule has 5 nitrogen and oxygen atoms in total. The topological polar surface area (TPSA) is 49.3 Å². The number of amides is 1. The Balaban J connectivity index is 1.62. The Morgan fingerprint density at radius 1 is 1.12 bits per heavy atom. The van der Waals surface area contributed by atoms with Crippen molar-refractivity contribution in [1.82, 2.24) is 19.8 Å². The largest absolute Gasteiger partial charge is 0.433 e. The van der Waals surface area contributed by atoms with Crippen LogP contribution in [0, 0.1) is 6.92 Å². The fraction of sp³-hybridized carbons (Fsp3) is 0.389. The van der Waals surface area contributed by atoms with Gasteiger partial charge in [0, 0.05) is 38.9 Å². The highest BCUT2D eigenvalue weighted by Gasteiger charge is 2.33. The second kappa shape index (κ2) is 7.41. The summed E-state index contributed by atoms with van der Waals surface area (Å²) in [5.74, 6) is -0.277. The minimum absolute atomic E-state index is 0.0979. The van der Waals surface area contributed by atoms with Gasteiger partial charge in [-0.2, -0.15) is 13.2 Å². The molecule has 1 amide bonds. The zero-order valence-corrected chi connectivity index (χ0v) is 14.3. The summed E-state index contributed by atoms with van der Waals surface area (Å²) in [7, 11) is 0. The number of rotatable bonds is 3. The average molecular weight is 364 g/mol. The van der Waals surface area contributed by atoms with Gasteiger partial charge in [-0.25, -0.2) is 4.98 Å². The van der Waals surface area contributed by atoms with Gasteiger partial charge in [-0.3, -0.25) is 14.7 Å². The molecule has 1 aliphatic rings. The molecule has 0 saturated carbocycles. The van der Waals surface area contributed by atoms with E-state index in [0.717, 1.165) is 11.8 Å². The zero-order valence-electron chi connectivity index (χ0n) is 14.3. The third-order valence-corrected chi connectivity index (χ3v) is 4.38. The molecule has 1 fully saturated rings. The number of alkyl halides is 3. The third-order valence-electron chi connectivity index (χ3n) is 4.38. The van der Waals surface area contributed by atoms with E-state index in [1.54, 1.807) is 11.1 Å². The molecule has 1 aliphatic heterocycles. The minimum Gasteiger partial charge on any atom is -0.336 e. The van der Waals surface area contributed by atoms with Gasteiger partial charge in [0.2, 0.25) is 0 Å². The summed E-state index contributed by atoms with van der Waals surface area (Å²) < 4.78 is 38.1. The molecule has 1 saturated heterocycles. The lowest BCUT2D eigenvalue weighted by molar-refractivity contribution is -0.141. The molecule has 138 valence electrons. The first-order valence-corrected chi connectivity index (χ1v) is 8.31. The summed E-state index contributed by atoms with van der Waals surface area (Å²) in [4.78, 5) is 24.3. The van der Waals surface area contributed by atoms with Crippen molar-refractivity contribution in [2.45, 2.75) is 19.6 Å². The van der Waals surface area contributed by atoms with Gasteiger partial charge in [0.25, 0.3) is 5.91 Å². The second-order valence-electron chi connectivity index (χ2n) is 6.22. The number of halogens is 3. The van der Waals surface area contributed by atoms with Gasteiger partial charge in [-0.15, -0.1) is 0 Å². The van der Waals surface area contributed by atoms with Crippen LogP contribution in [-0.2, 0) is 12.7 Å². The van der Waals surface area contributed by atoms with Crippen molar-refractivity contribution in [3.63, 3.8) is 0 Å². The minimum atomic E-state index is -4.51. The Labute approximate surface area is 149 Å². The van der Waals surface area contributed by atoms with Crippen molar-refractivity contribution in [3.05, 3.63) is 59.2 Å². The van der Waals surface area contributed by atoms with Crippen molar-refractivity contribution in [2.75, 3.05) is 26.2 Å². The normalized spacial score (nSPS) is 15.9. The van der Waals surface area contributed by atoms with Gasteiger partial charge < -0.3 is 4.90 Å². The summed E-state index contributed by atoms with van der Waals surface area (Å²) in [6.07, 6.45) is -2.76. The average Bonchev–Trinajstić information content (AvgIpc) is 2.62. The zero-order chi connectivity index (χ0) is 18.7. The van der Waals surface area contributed by atoms with Crippen LogP contribution >= 0.6 is 0 Å². The van der Waals surface area contributed by atoms with E-state index in [0.29, 0.717) is 32.7 Å². The number of hydrogen-bond donors (Lipinski definition) is 0. The molecule has 2 aromatic heterocycles. The number of hydrogen-bond acceptors (Lipinski definition) is 4. The second-order valence-corrected chi connectivity index (χ2v) is 6.22. The molecule has 0 radical (unpaired) electrons. The van der Waals surface area contributed by atoms with Crippen LogP contribution in [0.5, 0.6) is 0 Å². The van der Waals surface area contributed by atoms with Crippen LogP contribution in [0.25, 0.3) is 0 Å². The molecule has 3 heterocycles. The van der Waals surface area contributed by atoms with Crippen molar-refractivity contribution >= 4 is 5.91 Å². The summed E-state index contributed by atoms with van der Waals surface area (Å²) >= 11 is 0. The highest BCUT2D eigenvalue weighted by atomic mass is 19.4. The summed E-state index contributed by atoms with van der Waals surface area (Å²) in [6.45, 7) is 4.56. The molecular weight excluding hydrogens is 345 g/mol. The molecule has 0 atom stereocenters. The van der Waals surface area contributed by atoms with Gasteiger partial charge in [0.15, 0.2) is 0 Å². The van der Waals surface area contributed by atoms with Crippen molar-refractivity contribution in [1.29, 1.82) is 0 Å². The quantitative estimate of drug-likeness (QED) is 0.840. The molecule has 26 heavy (non-hydrogen) atoms. The molecule has 3 rings (SSSR count). The number of nitrogens with zero attached hydrogens (tertiary/aromatic N) is 4. The maximum Gasteiger partial charge on any atom is 0.433 e. The monoisotopic (exact) mass is 364 g/mol. The molecular formula is C18H19F3N4O. The summed E-state index contributed by atoms with van der Waals surface area (Å²) in [5.41, 5.74) is 0.304. The van der Waals surface area contributed by atoms with Crippen molar-refractivity contribution < 1.29 is 18.0 Å². The highest BCUT2D eigenvalue weighted by Crippen LogP contribution is 2.28. The van der Waals surface area contributed by atoms with Crippen LogP contribution in [0.2, 0.25) is 0 Å². The van der Waals surface area contributed by atoms with E-state index in [9.17, 15) is 18.0 Å². The number of pyridine rings is 2. The van der Waals surface area contributed by atoms with Gasteiger partial charge in [0.1, 0.15) is 5.69 Å². The lowest BCUT2D eigenvalue weighted by Crippen LogP contribution is -2.48. The number of aryl methyl sites for hydroxylation is 1. The van der Waals surface area contributed by atoms with Gasteiger partial charge in [-0.1, -0.05) is 6.07 Å². The molecule has 8 heteroatoms. The Morgan fingerprint density at radius 2 is 1.85 bits per heavy atom. The number of piperazine rings is 1. The van der Waals surface area contributed by atoms with Crippen LogP contribution in [0.4, 0.5) is 13.2 Å². The van der Waals surface area contributed by atoms with Gasteiger partial charge >= 0.3 is 6.18 Å². The Kier molecular flexibility index (Phi) is 5.22. The SMILES string of the molecule is Cc1nc(C(F)(F)F)ccc1C(=O)N1CCN(Cc2ccccn2)CC1. The third kappa shape index (κ3) is 4.19. The molecule has 0 spiro atoms. The molecule has 0 aromatic carbocycles. The highest BCUT2D eigenvalue weighted by molar-refractivity contribution is 5.95. The predicted molar refractivity (Wildman–Crippen MR) is 89.4 cm³/mol. The first-order chi connectivity index (χ1) is 12.3. The molecule has 0 N–H and O–H groups in total. The van der Waals surface area contributed by atoms with Crippen LogP contribution in [0.1, 0.15) is 27.4 Å². The number of carbonyl (C=O) groups is 1. The lowest BCUT2D eigenvalue weighted by Gasteiger charge is -2.34. The molecule has 0 bridgehead atoms. The van der Waals surface area contributed by atoms with Gasteiger partial charge in [-0.05, 0) is 31.2 Å². The van der Waals surface area contributed by atoms with Crippen LogP contribution in [0.3, 0.4) is 0 Å². The molecule has 0 aliphatic carbocycles. The van der Waals surface area contributed by atoms with E-state index < -0.39 is 11.9 Å². The Bertz CT molecular complexity index is 772. The fourth-order valence-electron chi connectivity index (χ4n) is 2.95. The van der Waals surface area contributed by atoms with E-state index >= 15 is 0 Å². The molecule has 0 unspecified atom stereocenters. The van der Waals surface area contributed by atoms with E-state index in [1.165, 1.54) is 13.0 Å². The fourth-order valence-corrected chi connectivity index (χ4v) is 2.95. The summed E-state index contributed by atoms with van der Waals surface area (Å²) in [5, 5.41) is 0. The van der Waals surface area contributed by atoms with E-state index in [4.69, 9.17) is 0 Å². The Hall–Kier alpha value is -2.48. The predicted octanol–water partition coefficient (Wildman–Crippen LogP) is 2.76. The summed E-state index contributed by atoms with van der Waals surface area (Å²) in [6, 6.07) is 7.82. The molecule has 2 aromatic rings. The maximum absolute atomic E-state index is 12.7. The first-order valence-electron chi connectivity index (χ1n) is 8.31. The van der Waals surface area contributed by atoms with Crippen molar-refractivity contribution in [2.24, 2.45) is 0 Å². The van der Waals surface area contributed by atoms with Gasteiger partial charge in [0.05, 0.1) is 17.0 Å². The maximum atomic E-state index is 12.7. The smallest absolute Gasteiger partial charge is 0.336 e. The Morgan fingerprint density at radius 3 is 2.42 bits per heavy atom. The number of aromatic nitrogens is 2. The van der Waals surface area contributed by atoms with Crippen molar-refractivity contribution in [3.8, 4) is 0 Å². The standard InChI is InChI=1S/C18H19F3N4O/c1-13-15(5-6-16(23-13)18(19,20)21)17(26)25-10-8-24(9-11-25)12-14-4-2-3-7-22-14/h2-7H,8-12H2,1H3.